The lowest BCUT2D eigenvalue weighted by atomic mass is 10.2. The van der Waals surface area contributed by atoms with Crippen LogP contribution in [0.2, 0.25) is 0 Å². The summed E-state index contributed by atoms with van der Waals surface area (Å²) >= 11 is 0. The molecule has 0 saturated carbocycles. The molecule has 28 heavy (non-hydrogen) atoms. The van der Waals surface area contributed by atoms with Crippen LogP contribution in [-0.4, -0.2) is 22.8 Å². The molecule has 0 atom stereocenters. The van der Waals surface area contributed by atoms with Gasteiger partial charge < -0.3 is 10.2 Å². The molecular weight excluding hydrogens is 367 g/mol. The molecule has 0 unspecified atom stereocenters. The Morgan fingerprint density at radius 2 is 1.71 bits per heavy atom. The van der Waals surface area contributed by atoms with Gasteiger partial charge in [0.05, 0.1) is 5.56 Å². The zero-order valence-corrected chi connectivity index (χ0v) is 15.1. The van der Waals surface area contributed by atoms with Gasteiger partial charge in [-0.2, -0.15) is 13.2 Å². The Balaban J connectivity index is 1.74. The van der Waals surface area contributed by atoms with E-state index in [9.17, 15) is 18.0 Å². The van der Waals surface area contributed by atoms with Crippen LogP contribution in [0.4, 0.5) is 24.5 Å². The first kappa shape index (κ1) is 19.4. The first-order chi connectivity index (χ1) is 13.3. The molecule has 144 valence electrons. The third kappa shape index (κ3) is 4.88. The Hall–Kier alpha value is -3.35. The van der Waals surface area contributed by atoms with Crippen LogP contribution < -0.4 is 5.32 Å². The van der Waals surface area contributed by atoms with Crippen LogP contribution in [0.15, 0.2) is 72.9 Å². The molecule has 3 rings (SSSR count). The smallest absolute Gasteiger partial charge is 0.355 e. The maximum Gasteiger partial charge on any atom is 0.416 e. The van der Waals surface area contributed by atoms with Crippen molar-refractivity contribution >= 4 is 17.3 Å². The molecule has 0 radical (unpaired) electrons. The summed E-state index contributed by atoms with van der Waals surface area (Å²) in [6, 6.07) is 17.5. The summed E-state index contributed by atoms with van der Waals surface area (Å²) in [5.74, 6) is -0.281. The first-order valence-corrected chi connectivity index (χ1v) is 8.52. The number of carbonyl (C=O) groups excluding carboxylic acids is 1. The van der Waals surface area contributed by atoms with Crippen molar-refractivity contribution in [1.29, 1.82) is 0 Å². The number of carbonyl (C=O) groups is 1. The lowest BCUT2D eigenvalue weighted by Gasteiger charge is -2.17. The average molecular weight is 385 g/mol. The fourth-order valence-electron chi connectivity index (χ4n) is 2.69. The van der Waals surface area contributed by atoms with Crippen LogP contribution >= 0.6 is 0 Å². The van der Waals surface area contributed by atoms with Crippen LogP contribution in [0.1, 0.15) is 21.6 Å². The third-order valence-corrected chi connectivity index (χ3v) is 4.07. The van der Waals surface area contributed by atoms with Crippen LogP contribution in [-0.2, 0) is 12.7 Å². The van der Waals surface area contributed by atoms with Gasteiger partial charge in [-0.05, 0) is 35.9 Å². The number of hydrogen-bond acceptors (Lipinski definition) is 3. The summed E-state index contributed by atoms with van der Waals surface area (Å²) in [4.78, 5) is 18.2. The van der Waals surface area contributed by atoms with Crippen LogP contribution in [0.3, 0.4) is 0 Å². The van der Waals surface area contributed by atoms with Crippen LogP contribution in [0, 0.1) is 0 Å². The molecule has 0 aliphatic heterocycles. The molecule has 1 heterocycles. The van der Waals surface area contributed by atoms with Crippen molar-refractivity contribution in [2.45, 2.75) is 12.7 Å². The minimum absolute atomic E-state index is 0.204. The third-order valence-electron chi connectivity index (χ3n) is 4.07. The fraction of sp³-hybridized carbons (Fsp3) is 0.143. The van der Waals surface area contributed by atoms with Gasteiger partial charge in [-0.25, -0.2) is 0 Å². The first-order valence-electron chi connectivity index (χ1n) is 8.52. The fourth-order valence-corrected chi connectivity index (χ4v) is 2.69. The van der Waals surface area contributed by atoms with E-state index < -0.39 is 11.7 Å². The molecule has 0 aliphatic carbocycles. The highest BCUT2D eigenvalue weighted by molar-refractivity contribution is 5.93. The number of nitrogens with one attached hydrogen (secondary N) is 1. The number of anilines is 2. The molecule has 4 nitrogen and oxygen atoms in total. The Labute approximate surface area is 160 Å². The van der Waals surface area contributed by atoms with Gasteiger partial charge in [0.15, 0.2) is 0 Å². The normalized spacial score (nSPS) is 11.1. The quantitative estimate of drug-likeness (QED) is 0.663. The number of rotatable bonds is 5. The maximum atomic E-state index is 12.9. The monoisotopic (exact) mass is 385 g/mol. The van der Waals surface area contributed by atoms with E-state index in [1.165, 1.54) is 29.3 Å². The lowest BCUT2D eigenvalue weighted by Crippen LogP contribution is -2.27. The second-order valence-corrected chi connectivity index (χ2v) is 6.28. The van der Waals surface area contributed by atoms with Crippen LogP contribution in [0.25, 0.3) is 0 Å². The van der Waals surface area contributed by atoms with E-state index in [4.69, 9.17) is 0 Å². The lowest BCUT2D eigenvalue weighted by molar-refractivity contribution is -0.137. The minimum Gasteiger partial charge on any atom is -0.355 e. The highest BCUT2D eigenvalue weighted by Crippen LogP contribution is 2.31. The van der Waals surface area contributed by atoms with E-state index in [1.807, 2.05) is 30.3 Å². The second-order valence-electron chi connectivity index (χ2n) is 6.28. The summed E-state index contributed by atoms with van der Waals surface area (Å²) in [7, 11) is 1.67. The SMILES string of the molecule is CN(Cc1ccccc1)C(=O)c1cc(Nc2cccc(C(F)(F)F)c2)ccn1. The topological polar surface area (TPSA) is 45.2 Å². The van der Waals surface area contributed by atoms with Crippen molar-refractivity contribution in [2.75, 3.05) is 12.4 Å². The van der Waals surface area contributed by atoms with Gasteiger partial charge in [0.1, 0.15) is 5.69 Å². The van der Waals surface area contributed by atoms with Crippen molar-refractivity contribution in [3.8, 4) is 0 Å². The number of alkyl halides is 3. The summed E-state index contributed by atoms with van der Waals surface area (Å²) in [6.07, 6.45) is -2.98. The van der Waals surface area contributed by atoms with E-state index in [0.29, 0.717) is 12.2 Å². The summed E-state index contributed by atoms with van der Waals surface area (Å²) in [5, 5.41) is 2.89. The molecule has 0 spiro atoms. The Bertz CT molecular complexity index is 958. The van der Waals surface area contributed by atoms with Gasteiger partial charge in [-0.3, -0.25) is 9.78 Å². The van der Waals surface area contributed by atoms with Crippen LogP contribution in [0.5, 0.6) is 0 Å². The minimum atomic E-state index is -4.42. The molecule has 2 aromatic carbocycles. The summed E-state index contributed by atoms with van der Waals surface area (Å²) in [6.45, 7) is 0.423. The molecular formula is C21H18F3N3O. The van der Waals surface area contributed by atoms with E-state index in [2.05, 4.69) is 10.3 Å². The zero-order valence-electron chi connectivity index (χ0n) is 15.1. The van der Waals surface area contributed by atoms with Crippen molar-refractivity contribution in [3.05, 3.63) is 89.7 Å². The predicted molar refractivity (Wildman–Crippen MR) is 101 cm³/mol. The number of hydrogen-bond donors (Lipinski definition) is 1. The number of aromatic nitrogens is 1. The molecule has 0 aliphatic rings. The summed E-state index contributed by atoms with van der Waals surface area (Å²) in [5.41, 5.74) is 1.19. The molecule has 0 fully saturated rings. The zero-order chi connectivity index (χ0) is 20.1. The molecule has 1 amide bonds. The van der Waals surface area contributed by atoms with Crippen molar-refractivity contribution < 1.29 is 18.0 Å². The second kappa shape index (κ2) is 8.12. The number of halogens is 3. The van der Waals surface area contributed by atoms with Crippen molar-refractivity contribution in [1.82, 2.24) is 9.88 Å². The summed E-state index contributed by atoms with van der Waals surface area (Å²) < 4.78 is 38.6. The van der Waals surface area contributed by atoms with Crippen molar-refractivity contribution in [3.63, 3.8) is 0 Å². The largest absolute Gasteiger partial charge is 0.416 e. The highest BCUT2D eigenvalue weighted by atomic mass is 19.4. The molecule has 1 aromatic heterocycles. The maximum absolute atomic E-state index is 12.9. The molecule has 1 N–H and O–H groups in total. The Kier molecular flexibility index (Phi) is 5.63. The van der Waals surface area contributed by atoms with E-state index >= 15 is 0 Å². The highest BCUT2D eigenvalue weighted by Gasteiger charge is 2.30. The van der Waals surface area contributed by atoms with E-state index in [1.54, 1.807) is 13.1 Å². The number of nitrogens with zero attached hydrogens (tertiary/aromatic N) is 2. The predicted octanol–water partition coefficient (Wildman–Crippen LogP) is 5.12. The molecule has 3 aromatic rings. The van der Waals surface area contributed by atoms with Crippen molar-refractivity contribution in [2.24, 2.45) is 0 Å². The number of amides is 1. The Morgan fingerprint density at radius 3 is 2.43 bits per heavy atom. The average Bonchev–Trinajstić information content (AvgIpc) is 2.68. The Morgan fingerprint density at radius 1 is 1.00 bits per heavy atom. The van der Waals surface area contributed by atoms with Gasteiger partial charge in [0.25, 0.3) is 5.91 Å². The van der Waals surface area contributed by atoms with Gasteiger partial charge >= 0.3 is 6.18 Å². The van der Waals surface area contributed by atoms with E-state index in [0.717, 1.165) is 17.7 Å². The van der Waals surface area contributed by atoms with Gasteiger partial charge in [-0.15, -0.1) is 0 Å². The number of pyridine rings is 1. The van der Waals surface area contributed by atoms with Gasteiger partial charge in [0, 0.05) is 31.2 Å². The molecule has 0 bridgehead atoms. The molecule has 0 saturated heterocycles. The molecule has 7 heteroatoms. The number of benzene rings is 2. The van der Waals surface area contributed by atoms with Gasteiger partial charge in [0.2, 0.25) is 0 Å². The van der Waals surface area contributed by atoms with E-state index in [-0.39, 0.29) is 17.3 Å². The van der Waals surface area contributed by atoms with Gasteiger partial charge in [-0.1, -0.05) is 36.4 Å². The standard InChI is InChI=1S/C21H18F3N3O/c1-27(14-15-6-3-2-4-7-15)20(28)19-13-18(10-11-25-19)26-17-9-5-8-16(12-17)21(22,23)24/h2-13H,14H2,1H3,(H,25,26).